The molecule has 0 heteroatoms. The summed E-state index contributed by atoms with van der Waals surface area (Å²) in [5.41, 5.74) is 2.34. The van der Waals surface area contributed by atoms with Crippen molar-refractivity contribution in [3.63, 3.8) is 0 Å². The van der Waals surface area contributed by atoms with Crippen LogP contribution in [0.1, 0.15) is 73.1 Å². The van der Waals surface area contributed by atoms with Crippen LogP contribution in [0.25, 0.3) is 0 Å². The van der Waals surface area contributed by atoms with Crippen LogP contribution in [-0.2, 0) is 0 Å². The van der Waals surface area contributed by atoms with Gasteiger partial charge >= 0.3 is 0 Å². The molecule has 0 saturated heterocycles. The van der Waals surface area contributed by atoms with Crippen molar-refractivity contribution in [2.75, 3.05) is 0 Å². The van der Waals surface area contributed by atoms with E-state index < -0.39 is 0 Å². The van der Waals surface area contributed by atoms with Gasteiger partial charge in [0.15, 0.2) is 0 Å². The van der Waals surface area contributed by atoms with Gasteiger partial charge in [-0.15, -0.1) is 13.2 Å². The fraction of sp³-hybridized carbons (Fsp3) is 0.739. The molecule has 23 heavy (non-hydrogen) atoms. The first-order valence-corrected chi connectivity index (χ1v) is 9.96. The predicted octanol–water partition coefficient (Wildman–Crippen LogP) is 7.19. The Kier molecular flexibility index (Phi) is 4.64. The van der Waals surface area contributed by atoms with Crippen LogP contribution in [0.3, 0.4) is 0 Å². The zero-order valence-corrected chi connectivity index (χ0v) is 15.4. The van der Waals surface area contributed by atoms with Gasteiger partial charge in [0, 0.05) is 1.43 Å². The first-order valence-electron chi connectivity index (χ1n) is 9.96. The Labute approximate surface area is 145 Å². The molecule has 0 aromatic carbocycles. The molecule has 3 aliphatic rings. The van der Waals surface area contributed by atoms with Crippen LogP contribution in [0.2, 0.25) is 0 Å². The summed E-state index contributed by atoms with van der Waals surface area (Å²) in [6.45, 7) is 17.7. The second-order valence-electron chi connectivity index (χ2n) is 8.84. The van der Waals surface area contributed by atoms with Gasteiger partial charge in [-0.25, -0.2) is 0 Å². The maximum atomic E-state index is 4.45. The molecule has 0 heterocycles. The Morgan fingerprint density at radius 2 is 1.96 bits per heavy atom. The summed E-state index contributed by atoms with van der Waals surface area (Å²) in [5.74, 6) is 3.41. The third kappa shape index (κ3) is 2.39. The highest BCUT2D eigenvalue weighted by Gasteiger charge is 2.57. The predicted molar refractivity (Wildman–Crippen MR) is 103 cm³/mol. The topological polar surface area (TPSA) is 0 Å². The summed E-state index contributed by atoms with van der Waals surface area (Å²) in [5, 5.41) is 0. The second kappa shape index (κ2) is 6.26. The van der Waals surface area contributed by atoms with Crippen molar-refractivity contribution >= 4 is 0 Å². The first kappa shape index (κ1) is 17.1. The molecule has 3 fully saturated rings. The van der Waals surface area contributed by atoms with Crippen LogP contribution < -0.4 is 0 Å². The highest BCUT2D eigenvalue weighted by atomic mass is 14.6. The van der Waals surface area contributed by atoms with E-state index >= 15 is 0 Å². The van der Waals surface area contributed by atoms with Gasteiger partial charge < -0.3 is 0 Å². The van der Waals surface area contributed by atoms with Gasteiger partial charge in [-0.2, -0.15) is 0 Å². The SMILES string of the molecule is C=CCC1CCC2C3CCC(=C)C3(C)CCC2C1(C=C)CCC.[HH]. The van der Waals surface area contributed by atoms with Crippen molar-refractivity contribution in [2.45, 2.75) is 71.6 Å². The molecular weight excluding hydrogens is 276 g/mol. The minimum absolute atomic E-state index is 0. The Balaban J connectivity index is 0.00000208. The van der Waals surface area contributed by atoms with Crippen LogP contribution in [0.5, 0.6) is 0 Å². The van der Waals surface area contributed by atoms with E-state index in [0.717, 1.165) is 23.7 Å². The van der Waals surface area contributed by atoms with Crippen molar-refractivity contribution in [3.05, 3.63) is 37.5 Å². The Hall–Kier alpha value is -0.780. The number of allylic oxidation sites excluding steroid dienone is 3. The van der Waals surface area contributed by atoms with E-state index in [4.69, 9.17) is 0 Å². The third-order valence-electron chi connectivity index (χ3n) is 8.20. The van der Waals surface area contributed by atoms with E-state index in [0.29, 0.717) is 10.8 Å². The Bertz CT molecular complexity index is 492. The maximum Gasteiger partial charge on any atom is 0 e. The lowest BCUT2D eigenvalue weighted by atomic mass is 9.46. The van der Waals surface area contributed by atoms with Gasteiger partial charge in [-0.3, -0.25) is 0 Å². The van der Waals surface area contributed by atoms with Crippen LogP contribution in [-0.4, -0.2) is 0 Å². The molecule has 3 rings (SSSR count). The molecule has 0 radical (unpaired) electrons. The van der Waals surface area contributed by atoms with E-state index in [-0.39, 0.29) is 1.43 Å². The quantitative estimate of drug-likeness (QED) is 0.471. The van der Waals surface area contributed by atoms with Crippen molar-refractivity contribution in [1.82, 2.24) is 0 Å². The summed E-state index contributed by atoms with van der Waals surface area (Å²) in [6.07, 6.45) is 16.5. The largest absolute Gasteiger partial charge is 0.103 e. The molecule has 0 N–H and O–H groups in total. The van der Waals surface area contributed by atoms with Crippen LogP contribution in [0.4, 0.5) is 0 Å². The smallest absolute Gasteiger partial charge is 0 e. The Morgan fingerprint density at radius 1 is 1.17 bits per heavy atom. The van der Waals surface area contributed by atoms with Gasteiger partial charge in [0.25, 0.3) is 0 Å². The molecule has 6 unspecified atom stereocenters. The third-order valence-corrected chi connectivity index (χ3v) is 8.20. The number of fused-ring (bicyclic) bond motifs is 3. The molecule has 0 aromatic heterocycles. The summed E-state index contributed by atoms with van der Waals surface area (Å²) in [7, 11) is 0. The molecule has 0 amide bonds. The monoisotopic (exact) mass is 314 g/mol. The molecule has 0 spiro atoms. The number of hydrogen-bond acceptors (Lipinski definition) is 0. The second-order valence-corrected chi connectivity index (χ2v) is 8.84. The maximum absolute atomic E-state index is 4.45. The Morgan fingerprint density at radius 3 is 2.61 bits per heavy atom. The zero-order valence-electron chi connectivity index (χ0n) is 15.4. The van der Waals surface area contributed by atoms with Gasteiger partial charge in [0.2, 0.25) is 0 Å². The van der Waals surface area contributed by atoms with Crippen molar-refractivity contribution in [1.29, 1.82) is 0 Å². The van der Waals surface area contributed by atoms with Gasteiger partial charge in [0.1, 0.15) is 0 Å². The summed E-state index contributed by atoms with van der Waals surface area (Å²) < 4.78 is 0. The summed E-state index contributed by atoms with van der Waals surface area (Å²) in [4.78, 5) is 0. The standard InChI is InChI=1S/C23H36.H2/c1-6-9-18-11-12-19-20-13-10-17(4)22(20,5)16-14-21(19)23(18,8-3)15-7-2;/h6,8,18-21H,1,3-4,7,9-16H2,2,5H3;1H. The molecule has 6 atom stereocenters. The molecule has 3 aliphatic carbocycles. The van der Waals surface area contributed by atoms with E-state index in [9.17, 15) is 0 Å². The van der Waals surface area contributed by atoms with E-state index in [2.05, 4.69) is 45.7 Å². The van der Waals surface area contributed by atoms with Crippen LogP contribution in [0.15, 0.2) is 37.5 Å². The molecule has 3 saturated carbocycles. The first-order chi connectivity index (χ1) is 11.0. The van der Waals surface area contributed by atoms with E-state index in [1.807, 2.05) is 0 Å². The lowest BCUT2D eigenvalue weighted by Crippen LogP contribution is -2.51. The van der Waals surface area contributed by atoms with Gasteiger partial charge in [-0.05, 0) is 85.9 Å². The van der Waals surface area contributed by atoms with Crippen LogP contribution >= 0.6 is 0 Å². The lowest BCUT2D eigenvalue weighted by Gasteiger charge is -2.59. The molecule has 0 aliphatic heterocycles. The van der Waals surface area contributed by atoms with Crippen molar-refractivity contribution in [3.8, 4) is 0 Å². The molecule has 0 bridgehead atoms. The normalized spacial score (nSPS) is 46.1. The zero-order chi connectivity index (χ0) is 16.7. The van der Waals surface area contributed by atoms with Gasteiger partial charge in [-0.1, -0.05) is 44.6 Å². The highest BCUT2D eigenvalue weighted by molar-refractivity contribution is 5.22. The molecular formula is C23H38. The van der Waals surface area contributed by atoms with Crippen molar-refractivity contribution in [2.24, 2.45) is 34.5 Å². The average Bonchev–Trinajstić information content (AvgIpc) is 2.85. The van der Waals surface area contributed by atoms with E-state index in [1.54, 1.807) is 5.57 Å². The van der Waals surface area contributed by atoms with Crippen molar-refractivity contribution < 1.29 is 1.43 Å². The summed E-state index contributed by atoms with van der Waals surface area (Å²) in [6, 6.07) is 0. The number of rotatable bonds is 5. The lowest BCUT2D eigenvalue weighted by molar-refractivity contribution is -0.0673. The highest BCUT2D eigenvalue weighted by Crippen LogP contribution is 2.66. The fourth-order valence-corrected chi connectivity index (χ4v) is 7.01. The molecule has 130 valence electrons. The summed E-state index contributed by atoms with van der Waals surface area (Å²) >= 11 is 0. The van der Waals surface area contributed by atoms with E-state index in [1.165, 1.54) is 57.8 Å². The average molecular weight is 315 g/mol. The minimum Gasteiger partial charge on any atom is -0.103 e. The van der Waals surface area contributed by atoms with Gasteiger partial charge in [0.05, 0.1) is 0 Å². The van der Waals surface area contributed by atoms with Crippen LogP contribution in [0, 0.1) is 34.5 Å². The number of hydrogen-bond donors (Lipinski definition) is 0. The molecule has 0 nitrogen and oxygen atoms in total. The molecule has 0 aromatic rings. The fourth-order valence-electron chi connectivity index (χ4n) is 7.01. The minimum atomic E-state index is 0.